The van der Waals surface area contributed by atoms with Gasteiger partial charge in [0.1, 0.15) is 8.07 Å². The summed E-state index contributed by atoms with van der Waals surface area (Å²) >= 11 is 0. The molecule has 1 aliphatic carbocycles. The van der Waals surface area contributed by atoms with Crippen molar-refractivity contribution in [2.45, 2.75) is 46.7 Å². The van der Waals surface area contributed by atoms with Crippen molar-refractivity contribution in [1.29, 1.82) is 0 Å². The minimum atomic E-state index is -1.53. The second kappa shape index (κ2) is 5.50. The Morgan fingerprint density at radius 1 is 1.00 bits per heavy atom. The van der Waals surface area contributed by atoms with Crippen molar-refractivity contribution in [1.82, 2.24) is 0 Å². The normalized spacial score (nSPS) is 19.8. The van der Waals surface area contributed by atoms with Crippen molar-refractivity contribution in [2.24, 2.45) is 5.92 Å². The van der Waals surface area contributed by atoms with Crippen molar-refractivity contribution in [3.05, 3.63) is 52.8 Å². The van der Waals surface area contributed by atoms with Crippen LogP contribution < -0.4 is 5.19 Å². The van der Waals surface area contributed by atoms with Gasteiger partial charge in [0.15, 0.2) is 0 Å². The van der Waals surface area contributed by atoms with Crippen LogP contribution in [0.3, 0.4) is 0 Å². The predicted molar refractivity (Wildman–Crippen MR) is 88.4 cm³/mol. The van der Waals surface area contributed by atoms with Crippen LogP contribution in [0.25, 0.3) is 0 Å². The van der Waals surface area contributed by atoms with Gasteiger partial charge in [-0.1, -0.05) is 90.8 Å². The van der Waals surface area contributed by atoms with Crippen molar-refractivity contribution in [3.8, 4) is 0 Å². The Bertz CT molecular complexity index is 504. The molecule has 0 bridgehead atoms. The fraction of sp³-hybridized carbons (Fsp3) is 0.444. The van der Waals surface area contributed by atoms with E-state index in [1.165, 1.54) is 17.7 Å². The Balaban J connectivity index is 2.60. The first-order valence-electron chi connectivity index (χ1n) is 7.52. The van der Waals surface area contributed by atoms with Crippen LogP contribution in [0.5, 0.6) is 0 Å². The molecule has 1 atom stereocenters. The summed E-state index contributed by atoms with van der Waals surface area (Å²) in [6.45, 7) is 11.8. The molecule has 2 rings (SSSR count). The Labute approximate surface area is 119 Å². The highest BCUT2D eigenvalue weighted by Crippen LogP contribution is 2.39. The van der Waals surface area contributed by atoms with Crippen LogP contribution in [-0.4, -0.2) is 8.07 Å². The van der Waals surface area contributed by atoms with Gasteiger partial charge in [-0.3, -0.25) is 0 Å². The number of hydrogen-bond donors (Lipinski definition) is 0. The minimum Gasteiger partial charge on any atom is -0.0748 e. The Hall–Kier alpha value is -1.08. The summed E-state index contributed by atoms with van der Waals surface area (Å²) in [5.41, 5.74) is 3.07. The lowest BCUT2D eigenvalue weighted by Gasteiger charge is -2.35. The number of hydrogen-bond acceptors (Lipinski definition) is 0. The highest BCUT2D eigenvalue weighted by atomic mass is 28.3. The molecule has 0 radical (unpaired) electrons. The van der Waals surface area contributed by atoms with E-state index in [0.29, 0.717) is 5.92 Å². The smallest absolute Gasteiger partial charge is 0.0748 e. The van der Waals surface area contributed by atoms with Gasteiger partial charge < -0.3 is 0 Å². The van der Waals surface area contributed by atoms with E-state index < -0.39 is 8.07 Å². The van der Waals surface area contributed by atoms with Gasteiger partial charge in [-0.15, -0.1) is 0 Å². The molecule has 1 aromatic carbocycles. The van der Waals surface area contributed by atoms with E-state index in [1.54, 1.807) is 16.0 Å². The van der Waals surface area contributed by atoms with Crippen molar-refractivity contribution in [3.63, 3.8) is 0 Å². The summed E-state index contributed by atoms with van der Waals surface area (Å²) in [6.07, 6.45) is 2.46. The molecule has 0 spiro atoms. The average Bonchev–Trinajstić information content (AvgIpc) is 2.69. The van der Waals surface area contributed by atoms with Crippen molar-refractivity contribution >= 4 is 13.3 Å². The summed E-state index contributed by atoms with van der Waals surface area (Å²) in [7, 11) is -1.53. The van der Waals surface area contributed by atoms with E-state index in [0.717, 1.165) is 0 Å². The third-order valence-corrected chi connectivity index (χ3v) is 10.7. The summed E-state index contributed by atoms with van der Waals surface area (Å²) in [6, 6.07) is 13.9. The fourth-order valence-electron chi connectivity index (χ4n) is 3.88. The highest BCUT2D eigenvalue weighted by Gasteiger charge is 2.40. The molecule has 1 aromatic rings. The van der Waals surface area contributed by atoms with Gasteiger partial charge in [0, 0.05) is 0 Å². The second-order valence-corrected chi connectivity index (χ2v) is 10.5. The maximum atomic E-state index is 2.46. The van der Waals surface area contributed by atoms with Crippen LogP contribution in [0.1, 0.15) is 34.6 Å². The van der Waals surface area contributed by atoms with Gasteiger partial charge in [0.2, 0.25) is 0 Å². The molecule has 0 fully saturated rings. The van der Waals surface area contributed by atoms with Crippen LogP contribution in [0.15, 0.2) is 52.8 Å². The van der Waals surface area contributed by atoms with Crippen molar-refractivity contribution in [2.75, 3.05) is 0 Å². The van der Waals surface area contributed by atoms with E-state index in [-0.39, 0.29) is 0 Å². The van der Waals surface area contributed by atoms with E-state index in [4.69, 9.17) is 0 Å². The average molecular weight is 270 g/mol. The van der Waals surface area contributed by atoms with Crippen LogP contribution in [0.2, 0.25) is 12.1 Å². The second-order valence-electron chi connectivity index (χ2n) is 5.83. The van der Waals surface area contributed by atoms with Crippen LogP contribution in [0, 0.1) is 5.92 Å². The van der Waals surface area contributed by atoms with Gasteiger partial charge in [0.05, 0.1) is 0 Å². The lowest BCUT2D eigenvalue weighted by molar-refractivity contribution is 0.911. The summed E-state index contributed by atoms with van der Waals surface area (Å²) in [5.74, 6) is 0.631. The molecule has 19 heavy (non-hydrogen) atoms. The van der Waals surface area contributed by atoms with Crippen LogP contribution in [-0.2, 0) is 0 Å². The first kappa shape index (κ1) is 14.3. The number of rotatable bonds is 4. The molecule has 1 aliphatic rings. The Morgan fingerprint density at radius 2 is 1.58 bits per heavy atom. The summed E-state index contributed by atoms with van der Waals surface area (Å²) in [5, 5.41) is 3.39. The minimum absolute atomic E-state index is 0.631. The van der Waals surface area contributed by atoms with Crippen LogP contribution >= 0.6 is 0 Å². The van der Waals surface area contributed by atoms with E-state index in [1.807, 2.05) is 0 Å². The Kier molecular flexibility index (Phi) is 4.15. The molecule has 102 valence electrons. The fourth-order valence-corrected chi connectivity index (χ4v) is 8.97. The lowest BCUT2D eigenvalue weighted by Crippen LogP contribution is -2.50. The monoisotopic (exact) mass is 270 g/mol. The number of benzene rings is 1. The lowest BCUT2D eigenvalue weighted by atomic mass is 10.2. The third kappa shape index (κ3) is 2.25. The SMILES string of the molecule is CC[Si](CC)(C1=C(C)C(C)=CC1C)c1ccccc1. The maximum absolute atomic E-state index is 2.46. The molecular weight excluding hydrogens is 244 g/mol. The quantitative estimate of drug-likeness (QED) is 0.687. The van der Waals surface area contributed by atoms with E-state index in [9.17, 15) is 0 Å². The first-order chi connectivity index (χ1) is 9.06. The van der Waals surface area contributed by atoms with E-state index >= 15 is 0 Å². The molecule has 0 aromatic heterocycles. The zero-order valence-corrected chi connectivity index (χ0v) is 14.0. The molecular formula is C18H26Si. The Morgan fingerprint density at radius 3 is 2.00 bits per heavy atom. The van der Waals surface area contributed by atoms with Gasteiger partial charge in [-0.05, 0) is 19.8 Å². The van der Waals surface area contributed by atoms with Gasteiger partial charge in [-0.2, -0.15) is 0 Å². The standard InChI is InChI=1S/C18H26Si/c1-6-19(7-2,17-11-9-8-10-12-17)18-15(4)13-14(3)16(18)5/h8-13,15H,6-7H2,1-5H3. The molecule has 0 saturated heterocycles. The molecule has 1 heteroatoms. The number of allylic oxidation sites excluding steroid dienone is 4. The van der Waals surface area contributed by atoms with E-state index in [2.05, 4.69) is 71.0 Å². The highest BCUT2D eigenvalue weighted by molar-refractivity contribution is 6.97. The van der Waals surface area contributed by atoms with Gasteiger partial charge in [-0.25, -0.2) is 0 Å². The molecule has 0 heterocycles. The summed E-state index contributed by atoms with van der Waals surface area (Å²) < 4.78 is 0. The largest absolute Gasteiger partial charge is 0.114 e. The molecule has 0 N–H and O–H groups in total. The third-order valence-electron chi connectivity index (χ3n) is 5.00. The van der Waals surface area contributed by atoms with Crippen molar-refractivity contribution < 1.29 is 0 Å². The first-order valence-corrected chi connectivity index (χ1v) is 9.93. The van der Waals surface area contributed by atoms with Gasteiger partial charge in [0.25, 0.3) is 0 Å². The molecule has 0 aliphatic heterocycles. The summed E-state index contributed by atoms with van der Waals surface area (Å²) in [4.78, 5) is 0. The molecule has 0 nitrogen and oxygen atoms in total. The molecule has 1 unspecified atom stereocenters. The molecule has 0 saturated carbocycles. The molecule has 0 amide bonds. The maximum Gasteiger partial charge on any atom is 0.114 e. The van der Waals surface area contributed by atoms with Crippen LogP contribution in [0.4, 0.5) is 0 Å². The topological polar surface area (TPSA) is 0 Å². The van der Waals surface area contributed by atoms with Gasteiger partial charge >= 0.3 is 0 Å². The predicted octanol–water partition coefficient (Wildman–Crippen LogP) is 4.83. The zero-order chi connectivity index (χ0) is 14.0. The zero-order valence-electron chi connectivity index (χ0n) is 13.0.